The zero-order valence-electron chi connectivity index (χ0n) is 20.0. The fourth-order valence-corrected chi connectivity index (χ4v) is 5.75. The van der Waals surface area contributed by atoms with Gasteiger partial charge in [-0.2, -0.15) is 0 Å². The van der Waals surface area contributed by atoms with Gasteiger partial charge in [0.25, 0.3) is 15.9 Å². The van der Waals surface area contributed by atoms with E-state index in [4.69, 9.17) is 11.6 Å². The predicted octanol–water partition coefficient (Wildman–Crippen LogP) is 5.11. The Morgan fingerprint density at radius 2 is 1.61 bits per heavy atom. The Morgan fingerprint density at radius 1 is 0.944 bits per heavy atom. The number of nitrogens with zero attached hydrogens (tertiary/aromatic N) is 2. The van der Waals surface area contributed by atoms with E-state index < -0.39 is 22.5 Å². The highest BCUT2D eigenvalue weighted by Crippen LogP contribution is 2.28. The Balaban J connectivity index is 1.62. The number of piperidine rings is 1. The lowest BCUT2D eigenvalue weighted by Gasteiger charge is -2.28. The van der Waals surface area contributed by atoms with Crippen molar-refractivity contribution in [2.24, 2.45) is 0 Å². The van der Waals surface area contributed by atoms with E-state index in [0.29, 0.717) is 29.4 Å². The van der Waals surface area contributed by atoms with Crippen molar-refractivity contribution in [1.82, 2.24) is 4.90 Å². The van der Waals surface area contributed by atoms with E-state index in [9.17, 15) is 18.0 Å². The van der Waals surface area contributed by atoms with Crippen molar-refractivity contribution in [3.63, 3.8) is 0 Å². The Kier molecular flexibility index (Phi) is 7.96. The van der Waals surface area contributed by atoms with Crippen LogP contribution in [0.4, 0.5) is 11.4 Å². The molecular formula is C27H28ClN3O4S. The van der Waals surface area contributed by atoms with Crippen molar-refractivity contribution in [1.29, 1.82) is 0 Å². The van der Waals surface area contributed by atoms with Gasteiger partial charge in [-0.15, -0.1) is 0 Å². The standard InChI is InChI=1S/C27H28ClN3O4S/c1-20-14-15-21(18-24(20)28)31(36(34,35)22-10-4-2-5-11-22)19-26(32)29-25-13-7-6-12-23(25)27(33)30-16-8-3-9-17-30/h2,4-7,10-15,18H,3,8-9,16-17,19H2,1H3,(H,29,32). The predicted molar refractivity (Wildman–Crippen MR) is 142 cm³/mol. The minimum atomic E-state index is -4.08. The number of hydrogen-bond donors (Lipinski definition) is 1. The van der Waals surface area contributed by atoms with Crippen molar-refractivity contribution >= 4 is 44.8 Å². The maximum absolute atomic E-state index is 13.5. The summed E-state index contributed by atoms with van der Waals surface area (Å²) >= 11 is 6.29. The lowest BCUT2D eigenvalue weighted by Crippen LogP contribution is -2.39. The first kappa shape index (κ1) is 25.7. The summed E-state index contributed by atoms with van der Waals surface area (Å²) in [7, 11) is -4.08. The Bertz CT molecular complexity index is 1360. The highest BCUT2D eigenvalue weighted by Gasteiger charge is 2.28. The van der Waals surface area contributed by atoms with Gasteiger partial charge in [0.05, 0.1) is 21.8 Å². The second-order valence-corrected chi connectivity index (χ2v) is 11.0. The number of amides is 2. The maximum atomic E-state index is 13.5. The summed E-state index contributed by atoms with van der Waals surface area (Å²) < 4.78 is 28.1. The van der Waals surface area contributed by atoms with Crippen molar-refractivity contribution in [3.8, 4) is 0 Å². The van der Waals surface area contributed by atoms with E-state index in [2.05, 4.69) is 5.32 Å². The summed E-state index contributed by atoms with van der Waals surface area (Å²) in [5, 5.41) is 3.14. The third-order valence-corrected chi connectivity index (χ3v) is 8.33. The number of carbonyl (C=O) groups excluding carboxylic acids is 2. The molecule has 9 heteroatoms. The van der Waals surface area contributed by atoms with Crippen molar-refractivity contribution < 1.29 is 18.0 Å². The molecule has 1 aliphatic rings. The van der Waals surface area contributed by atoms with Crippen LogP contribution < -0.4 is 9.62 Å². The van der Waals surface area contributed by atoms with Gasteiger partial charge in [0.15, 0.2) is 0 Å². The largest absolute Gasteiger partial charge is 0.339 e. The van der Waals surface area contributed by atoms with Gasteiger partial charge in [-0.25, -0.2) is 8.42 Å². The number of anilines is 2. The van der Waals surface area contributed by atoms with E-state index in [1.54, 1.807) is 59.5 Å². The minimum absolute atomic E-state index is 0.0511. The number of halogens is 1. The van der Waals surface area contributed by atoms with E-state index >= 15 is 0 Å². The van der Waals surface area contributed by atoms with Crippen molar-refractivity contribution in [3.05, 3.63) is 88.9 Å². The summed E-state index contributed by atoms with van der Waals surface area (Å²) in [5.74, 6) is -0.727. The topological polar surface area (TPSA) is 86.8 Å². The summed E-state index contributed by atoms with van der Waals surface area (Å²) in [6.45, 7) is 2.67. The van der Waals surface area contributed by atoms with Gasteiger partial charge in [-0.05, 0) is 68.1 Å². The molecular weight excluding hydrogens is 498 g/mol. The molecule has 2 amide bonds. The fraction of sp³-hybridized carbons (Fsp3) is 0.259. The number of carbonyl (C=O) groups is 2. The first-order valence-corrected chi connectivity index (χ1v) is 13.6. The molecule has 0 unspecified atom stereocenters. The lowest BCUT2D eigenvalue weighted by molar-refractivity contribution is -0.114. The summed E-state index contributed by atoms with van der Waals surface area (Å²) in [4.78, 5) is 28.2. The molecule has 1 N–H and O–H groups in total. The average molecular weight is 526 g/mol. The molecule has 0 atom stereocenters. The second-order valence-electron chi connectivity index (χ2n) is 8.70. The Labute approximate surface area is 216 Å². The first-order valence-electron chi connectivity index (χ1n) is 11.8. The molecule has 3 aromatic rings. The number of para-hydroxylation sites is 1. The van der Waals surface area contributed by atoms with Crippen LogP contribution in [-0.4, -0.2) is 44.8 Å². The van der Waals surface area contributed by atoms with E-state index in [1.807, 2.05) is 6.92 Å². The van der Waals surface area contributed by atoms with Crippen LogP contribution in [0, 0.1) is 6.92 Å². The minimum Gasteiger partial charge on any atom is -0.339 e. The molecule has 0 aromatic heterocycles. The summed E-state index contributed by atoms with van der Waals surface area (Å²) in [6, 6.07) is 19.5. The fourth-order valence-electron chi connectivity index (χ4n) is 4.14. The van der Waals surface area contributed by atoms with Crippen LogP contribution >= 0.6 is 11.6 Å². The molecule has 1 aliphatic heterocycles. The number of nitrogens with one attached hydrogen (secondary N) is 1. The molecule has 1 saturated heterocycles. The summed E-state index contributed by atoms with van der Waals surface area (Å²) in [5.41, 5.74) is 1.77. The van der Waals surface area contributed by atoms with Crippen molar-refractivity contribution in [2.45, 2.75) is 31.1 Å². The van der Waals surface area contributed by atoms with Crippen LogP contribution in [-0.2, 0) is 14.8 Å². The third kappa shape index (κ3) is 5.71. The van der Waals surface area contributed by atoms with Gasteiger partial charge in [0.1, 0.15) is 6.54 Å². The molecule has 7 nitrogen and oxygen atoms in total. The van der Waals surface area contributed by atoms with Gasteiger partial charge < -0.3 is 10.2 Å². The molecule has 0 bridgehead atoms. The molecule has 188 valence electrons. The zero-order chi connectivity index (χ0) is 25.7. The Morgan fingerprint density at radius 3 is 2.31 bits per heavy atom. The quantitative estimate of drug-likeness (QED) is 0.464. The molecule has 0 saturated carbocycles. The average Bonchev–Trinajstić information content (AvgIpc) is 2.90. The molecule has 0 spiro atoms. The second kappa shape index (κ2) is 11.1. The highest BCUT2D eigenvalue weighted by atomic mass is 35.5. The zero-order valence-corrected chi connectivity index (χ0v) is 21.6. The smallest absolute Gasteiger partial charge is 0.264 e. The van der Waals surface area contributed by atoms with Crippen LogP contribution in [0.3, 0.4) is 0 Å². The number of sulfonamides is 1. The van der Waals surface area contributed by atoms with E-state index in [1.165, 1.54) is 18.2 Å². The third-order valence-electron chi connectivity index (χ3n) is 6.14. The van der Waals surface area contributed by atoms with Gasteiger partial charge in [0.2, 0.25) is 5.91 Å². The lowest BCUT2D eigenvalue weighted by atomic mass is 10.1. The van der Waals surface area contributed by atoms with Gasteiger partial charge >= 0.3 is 0 Å². The normalized spacial score (nSPS) is 13.8. The molecule has 4 rings (SSSR count). The molecule has 3 aromatic carbocycles. The SMILES string of the molecule is Cc1ccc(N(CC(=O)Nc2ccccc2C(=O)N2CCCCC2)S(=O)(=O)c2ccccc2)cc1Cl. The molecule has 0 aliphatic carbocycles. The number of hydrogen-bond acceptors (Lipinski definition) is 4. The number of benzene rings is 3. The monoisotopic (exact) mass is 525 g/mol. The van der Waals surface area contributed by atoms with Crippen LogP contribution in [0.25, 0.3) is 0 Å². The van der Waals surface area contributed by atoms with E-state index in [-0.39, 0.29) is 16.5 Å². The van der Waals surface area contributed by atoms with Crippen LogP contribution in [0.2, 0.25) is 5.02 Å². The van der Waals surface area contributed by atoms with Gasteiger partial charge in [0, 0.05) is 18.1 Å². The number of likely N-dealkylation sites (tertiary alicyclic amines) is 1. The summed E-state index contributed by atoms with van der Waals surface area (Å²) in [6.07, 6.45) is 2.99. The van der Waals surface area contributed by atoms with Crippen LogP contribution in [0.5, 0.6) is 0 Å². The van der Waals surface area contributed by atoms with Crippen LogP contribution in [0.1, 0.15) is 35.2 Å². The molecule has 36 heavy (non-hydrogen) atoms. The van der Waals surface area contributed by atoms with Crippen LogP contribution in [0.15, 0.2) is 77.7 Å². The van der Waals surface area contributed by atoms with Crippen molar-refractivity contribution in [2.75, 3.05) is 29.3 Å². The molecule has 0 radical (unpaired) electrons. The molecule has 1 fully saturated rings. The number of aryl methyl sites for hydroxylation is 1. The highest BCUT2D eigenvalue weighted by molar-refractivity contribution is 7.92. The number of rotatable bonds is 7. The van der Waals surface area contributed by atoms with Gasteiger partial charge in [-0.1, -0.05) is 48.0 Å². The first-order chi connectivity index (χ1) is 17.3. The van der Waals surface area contributed by atoms with Gasteiger partial charge in [-0.3, -0.25) is 13.9 Å². The van der Waals surface area contributed by atoms with E-state index in [0.717, 1.165) is 29.1 Å². The molecule has 1 heterocycles. The maximum Gasteiger partial charge on any atom is 0.264 e. The Hall–Kier alpha value is -3.36.